The maximum Gasteiger partial charge on any atom is 0.219 e. The highest BCUT2D eigenvalue weighted by Crippen LogP contribution is 2.14. The summed E-state index contributed by atoms with van der Waals surface area (Å²) in [5, 5.41) is 0. The third-order valence-corrected chi connectivity index (χ3v) is 2.90. The quantitative estimate of drug-likeness (QED) is 0.688. The molecule has 0 aromatic heterocycles. The van der Waals surface area contributed by atoms with Gasteiger partial charge in [0.1, 0.15) is 0 Å². The van der Waals surface area contributed by atoms with Gasteiger partial charge in [0, 0.05) is 32.1 Å². The summed E-state index contributed by atoms with van der Waals surface area (Å²) in [6.07, 6.45) is 0. The molecule has 0 aliphatic rings. The Morgan fingerprint density at radius 3 is 2.00 bits per heavy atom. The van der Waals surface area contributed by atoms with Crippen LogP contribution in [-0.2, 0) is 4.79 Å². The molecule has 0 aliphatic heterocycles. The van der Waals surface area contributed by atoms with E-state index in [9.17, 15) is 4.79 Å². The Hall–Kier alpha value is -0.570. The van der Waals surface area contributed by atoms with Crippen molar-refractivity contribution in [3.63, 3.8) is 0 Å². The summed E-state index contributed by atoms with van der Waals surface area (Å²) >= 11 is 0. The van der Waals surface area contributed by atoms with Crippen molar-refractivity contribution in [3.8, 4) is 0 Å². The van der Waals surface area contributed by atoms with Crippen molar-refractivity contribution in [2.45, 2.75) is 46.2 Å². The molecule has 3 nitrogen and oxygen atoms in total. The van der Waals surface area contributed by atoms with E-state index < -0.39 is 0 Å². The first kappa shape index (κ1) is 13.4. The lowest BCUT2D eigenvalue weighted by molar-refractivity contribution is -0.132. The highest BCUT2D eigenvalue weighted by Gasteiger charge is 2.27. The van der Waals surface area contributed by atoms with Crippen LogP contribution in [0, 0.1) is 0 Å². The number of nitrogens with zero attached hydrogens (tertiary/aromatic N) is 2. The monoisotopic (exact) mass is 200 g/mol. The van der Waals surface area contributed by atoms with Gasteiger partial charge in [-0.25, -0.2) is 0 Å². The Labute approximate surface area is 88.1 Å². The van der Waals surface area contributed by atoms with Crippen molar-refractivity contribution < 1.29 is 4.79 Å². The van der Waals surface area contributed by atoms with Crippen molar-refractivity contribution in [3.05, 3.63) is 0 Å². The van der Waals surface area contributed by atoms with E-state index in [0.29, 0.717) is 6.04 Å². The van der Waals surface area contributed by atoms with Gasteiger partial charge >= 0.3 is 0 Å². The maximum atomic E-state index is 11.2. The molecule has 0 bridgehead atoms. The smallest absolute Gasteiger partial charge is 0.219 e. The molecule has 0 spiro atoms. The number of likely N-dealkylation sites (N-methyl/N-ethyl adjacent to an activating group) is 2. The first-order chi connectivity index (χ1) is 6.18. The second-order valence-corrected chi connectivity index (χ2v) is 4.90. The molecule has 0 rings (SSSR count). The van der Waals surface area contributed by atoms with Crippen LogP contribution in [0.25, 0.3) is 0 Å². The minimum Gasteiger partial charge on any atom is -0.340 e. The summed E-state index contributed by atoms with van der Waals surface area (Å²) in [7, 11) is 3.94. The minimum atomic E-state index is -0.106. The molecule has 0 aliphatic carbocycles. The Kier molecular flexibility index (Phi) is 4.59. The van der Waals surface area contributed by atoms with Crippen LogP contribution >= 0.6 is 0 Å². The molecule has 84 valence electrons. The van der Waals surface area contributed by atoms with Crippen LogP contribution in [0.4, 0.5) is 0 Å². The molecule has 0 radical (unpaired) electrons. The van der Waals surface area contributed by atoms with Gasteiger partial charge in [0.15, 0.2) is 0 Å². The zero-order chi connectivity index (χ0) is 11.5. The molecular weight excluding hydrogens is 176 g/mol. The largest absolute Gasteiger partial charge is 0.340 e. The second kappa shape index (κ2) is 4.78. The molecule has 0 unspecified atom stereocenters. The summed E-state index contributed by atoms with van der Waals surface area (Å²) < 4.78 is 0. The summed E-state index contributed by atoms with van der Waals surface area (Å²) in [6.45, 7) is 11.0. The van der Waals surface area contributed by atoms with Gasteiger partial charge in [-0.15, -0.1) is 0 Å². The SMILES string of the molecule is CC(=O)N(C)C(C)(C)CN(C)C(C)C. The third kappa shape index (κ3) is 3.66. The van der Waals surface area contributed by atoms with E-state index in [1.807, 2.05) is 7.05 Å². The van der Waals surface area contributed by atoms with Gasteiger partial charge in [-0.1, -0.05) is 0 Å². The molecule has 0 N–H and O–H groups in total. The number of hydrogen-bond acceptors (Lipinski definition) is 2. The molecule has 1 amide bonds. The molecule has 0 aromatic carbocycles. The van der Waals surface area contributed by atoms with E-state index in [1.165, 1.54) is 0 Å². The molecule has 0 saturated heterocycles. The highest BCUT2D eigenvalue weighted by atomic mass is 16.2. The van der Waals surface area contributed by atoms with Crippen LogP contribution in [0.2, 0.25) is 0 Å². The summed E-state index contributed by atoms with van der Waals surface area (Å²) in [6, 6.07) is 0.509. The number of amides is 1. The predicted molar refractivity (Wildman–Crippen MR) is 60.3 cm³/mol. The van der Waals surface area contributed by atoms with Crippen molar-refractivity contribution >= 4 is 5.91 Å². The molecule has 0 aromatic rings. The van der Waals surface area contributed by atoms with Crippen LogP contribution in [0.5, 0.6) is 0 Å². The number of rotatable bonds is 4. The van der Waals surface area contributed by atoms with Crippen LogP contribution < -0.4 is 0 Å². The van der Waals surface area contributed by atoms with Crippen molar-refractivity contribution in [1.82, 2.24) is 9.80 Å². The predicted octanol–water partition coefficient (Wildman–Crippen LogP) is 1.58. The van der Waals surface area contributed by atoms with Gasteiger partial charge in [0.2, 0.25) is 5.91 Å². The summed E-state index contributed by atoms with van der Waals surface area (Å²) in [5.41, 5.74) is -0.106. The van der Waals surface area contributed by atoms with Gasteiger partial charge in [0.05, 0.1) is 0 Å². The van der Waals surface area contributed by atoms with Crippen molar-refractivity contribution in [1.29, 1.82) is 0 Å². The molecule has 0 heterocycles. The molecular formula is C11H24N2O. The van der Waals surface area contributed by atoms with Gasteiger partial charge in [-0.3, -0.25) is 4.79 Å². The van der Waals surface area contributed by atoms with Crippen LogP contribution in [0.15, 0.2) is 0 Å². The Morgan fingerprint density at radius 1 is 1.29 bits per heavy atom. The fourth-order valence-electron chi connectivity index (χ4n) is 1.33. The molecule has 0 saturated carbocycles. The van der Waals surface area contributed by atoms with E-state index in [1.54, 1.807) is 11.8 Å². The Bertz CT molecular complexity index is 199. The zero-order valence-corrected chi connectivity index (χ0v) is 10.6. The lowest BCUT2D eigenvalue weighted by atomic mass is 10.0. The number of carbonyl (C=O) groups excluding carboxylic acids is 1. The minimum absolute atomic E-state index is 0.106. The average molecular weight is 200 g/mol. The zero-order valence-electron chi connectivity index (χ0n) is 10.6. The Balaban J connectivity index is 4.40. The van der Waals surface area contributed by atoms with Crippen LogP contribution in [0.1, 0.15) is 34.6 Å². The van der Waals surface area contributed by atoms with Gasteiger partial charge in [0.25, 0.3) is 0 Å². The molecule has 14 heavy (non-hydrogen) atoms. The summed E-state index contributed by atoms with van der Waals surface area (Å²) in [5.74, 6) is 0.118. The number of carbonyl (C=O) groups is 1. The van der Waals surface area contributed by atoms with E-state index in [2.05, 4.69) is 39.6 Å². The third-order valence-electron chi connectivity index (χ3n) is 2.90. The lowest BCUT2D eigenvalue weighted by Gasteiger charge is -2.39. The second-order valence-electron chi connectivity index (χ2n) is 4.90. The normalized spacial score (nSPS) is 12.4. The van der Waals surface area contributed by atoms with E-state index >= 15 is 0 Å². The maximum absolute atomic E-state index is 11.2. The highest BCUT2D eigenvalue weighted by molar-refractivity contribution is 5.73. The topological polar surface area (TPSA) is 23.6 Å². The van der Waals surface area contributed by atoms with Gasteiger partial charge < -0.3 is 9.80 Å². The van der Waals surface area contributed by atoms with Gasteiger partial charge in [-0.2, -0.15) is 0 Å². The molecule has 0 fully saturated rings. The van der Waals surface area contributed by atoms with Crippen molar-refractivity contribution in [2.24, 2.45) is 0 Å². The van der Waals surface area contributed by atoms with Gasteiger partial charge in [-0.05, 0) is 34.7 Å². The standard InChI is InChI=1S/C11H24N2O/c1-9(2)12(6)8-11(4,5)13(7)10(3)14/h9H,8H2,1-7H3. The Morgan fingerprint density at radius 2 is 1.71 bits per heavy atom. The van der Waals surface area contributed by atoms with E-state index in [4.69, 9.17) is 0 Å². The first-order valence-electron chi connectivity index (χ1n) is 5.13. The lowest BCUT2D eigenvalue weighted by Crippen LogP contribution is -2.52. The molecule has 3 heteroatoms. The molecule has 0 atom stereocenters. The number of hydrogen-bond donors (Lipinski definition) is 0. The van der Waals surface area contributed by atoms with E-state index in [0.717, 1.165) is 6.54 Å². The van der Waals surface area contributed by atoms with Crippen LogP contribution in [0.3, 0.4) is 0 Å². The fraction of sp³-hybridized carbons (Fsp3) is 0.909. The first-order valence-corrected chi connectivity index (χ1v) is 5.13. The fourth-order valence-corrected chi connectivity index (χ4v) is 1.33. The van der Waals surface area contributed by atoms with Crippen LogP contribution in [-0.4, -0.2) is 47.9 Å². The average Bonchev–Trinajstić information content (AvgIpc) is 2.01. The van der Waals surface area contributed by atoms with E-state index in [-0.39, 0.29) is 11.4 Å². The van der Waals surface area contributed by atoms with Crippen molar-refractivity contribution in [2.75, 3.05) is 20.6 Å². The summed E-state index contributed by atoms with van der Waals surface area (Å²) in [4.78, 5) is 15.3.